The highest BCUT2D eigenvalue weighted by Crippen LogP contribution is 2.25. The van der Waals surface area contributed by atoms with Gasteiger partial charge in [-0.3, -0.25) is 0 Å². The number of ether oxygens (including phenoxy) is 1. The maximum Gasteiger partial charge on any atom is 0.0997 e. The molecule has 15 heavy (non-hydrogen) atoms. The summed E-state index contributed by atoms with van der Waals surface area (Å²) in [7, 11) is 0. The standard InChI is InChI=1S/C13H27NO/c1-6-15-10-9-14-8-7-12(2)11-13(3,4)5/h6,12,14H,1,7-11H2,2-5H3. The van der Waals surface area contributed by atoms with Crippen molar-refractivity contribution in [2.75, 3.05) is 19.7 Å². The number of rotatable bonds is 8. The van der Waals surface area contributed by atoms with Crippen molar-refractivity contribution >= 4 is 0 Å². The molecule has 0 bridgehead atoms. The molecule has 0 aromatic carbocycles. The van der Waals surface area contributed by atoms with E-state index in [-0.39, 0.29) is 0 Å². The van der Waals surface area contributed by atoms with E-state index in [4.69, 9.17) is 4.74 Å². The Balaban J connectivity index is 3.31. The molecule has 1 atom stereocenters. The van der Waals surface area contributed by atoms with Gasteiger partial charge in [0.25, 0.3) is 0 Å². The van der Waals surface area contributed by atoms with Crippen LogP contribution < -0.4 is 5.32 Å². The summed E-state index contributed by atoms with van der Waals surface area (Å²) in [6.45, 7) is 15.4. The van der Waals surface area contributed by atoms with Crippen LogP contribution in [-0.2, 0) is 4.74 Å². The summed E-state index contributed by atoms with van der Waals surface area (Å²) in [4.78, 5) is 0. The molecule has 0 saturated heterocycles. The van der Waals surface area contributed by atoms with Crippen molar-refractivity contribution in [3.63, 3.8) is 0 Å². The Labute approximate surface area is 95.1 Å². The van der Waals surface area contributed by atoms with Gasteiger partial charge in [0.05, 0.1) is 12.9 Å². The van der Waals surface area contributed by atoms with Crippen LogP contribution in [0.2, 0.25) is 0 Å². The molecule has 0 aliphatic carbocycles. The average molecular weight is 213 g/mol. The van der Waals surface area contributed by atoms with E-state index in [1.54, 1.807) is 0 Å². The molecule has 0 rings (SSSR count). The first-order valence-corrected chi connectivity index (χ1v) is 5.89. The van der Waals surface area contributed by atoms with Crippen molar-refractivity contribution in [3.8, 4) is 0 Å². The molecule has 0 fully saturated rings. The van der Waals surface area contributed by atoms with E-state index in [1.165, 1.54) is 19.1 Å². The molecule has 0 aromatic rings. The molecule has 1 unspecified atom stereocenters. The third-order valence-corrected chi connectivity index (χ3v) is 2.29. The third-order valence-electron chi connectivity index (χ3n) is 2.29. The SMILES string of the molecule is C=COCCNCCC(C)CC(C)(C)C. The third kappa shape index (κ3) is 11.4. The first-order valence-electron chi connectivity index (χ1n) is 5.89. The number of hydrogen-bond acceptors (Lipinski definition) is 2. The van der Waals surface area contributed by atoms with E-state index < -0.39 is 0 Å². The normalized spacial score (nSPS) is 13.6. The molecular formula is C13H27NO. The maximum atomic E-state index is 5.02. The summed E-state index contributed by atoms with van der Waals surface area (Å²) < 4.78 is 5.02. The largest absolute Gasteiger partial charge is 0.500 e. The van der Waals surface area contributed by atoms with Crippen LogP contribution in [0.3, 0.4) is 0 Å². The second-order valence-electron chi connectivity index (χ2n) is 5.45. The highest BCUT2D eigenvalue weighted by molar-refractivity contribution is 4.67. The molecule has 0 heterocycles. The highest BCUT2D eigenvalue weighted by atomic mass is 16.5. The summed E-state index contributed by atoms with van der Waals surface area (Å²) >= 11 is 0. The van der Waals surface area contributed by atoms with E-state index in [0.717, 1.165) is 25.6 Å². The number of nitrogens with one attached hydrogen (secondary N) is 1. The molecule has 90 valence electrons. The topological polar surface area (TPSA) is 21.3 Å². The molecule has 0 aromatic heterocycles. The zero-order valence-electron chi connectivity index (χ0n) is 10.8. The molecule has 0 spiro atoms. The van der Waals surface area contributed by atoms with Crippen molar-refractivity contribution in [1.29, 1.82) is 0 Å². The lowest BCUT2D eigenvalue weighted by Crippen LogP contribution is -2.22. The predicted molar refractivity (Wildman–Crippen MR) is 66.9 cm³/mol. The van der Waals surface area contributed by atoms with E-state index in [0.29, 0.717) is 5.41 Å². The van der Waals surface area contributed by atoms with Crippen LogP contribution in [0.15, 0.2) is 12.8 Å². The van der Waals surface area contributed by atoms with Crippen LogP contribution in [0.5, 0.6) is 0 Å². The number of hydrogen-bond donors (Lipinski definition) is 1. The zero-order valence-corrected chi connectivity index (χ0v) is 10.8. The molecule has 0 amide bonds. The van der Waals surface area contributed by atoms with Crippen molar-refractivity contribution in [2.45, 2.75) is 40.5 Å². The predicted octanol–water partition coefficient (Wildman–Crippen LogP) is 3.20. The lowest BCUT2D eigenvalue weighted by molar-refractivity contribution is 0.246. The zero-order chi connectivity index (χ0) is 11.7. The van der Waals surface area contributed by atoms with Gasteiger partial charge in [-0.2, -0.15) is 0 Å². The van der Waals surface area contributed by atoms with Gasteiger partial charge in [0.1, 0.15) is 0 Å². The fraction of sp³-hybridized carbons (Fsp3) is 0.846. The highest BCUT2D eigenvalue weighted by Gasteiger charge is 2.14. The molecule has 0 aliphatic heterocycles. The Hall–Kier alpha value is -0.500. The summed E-state index contributed by atoms with van der Waals surface area (Å²) in [5, 5.41) is 3.36. The van der Waals surface area contributed by atoms with Crippen LogP contribution >= 0.6 is 0 Å². The Bertz CT molecular complexity index is 160. The molecule has 0 aliphatic rings. The van der Waals surface area contributed by atoms with Crippen molar-refractivity contribution in [2.24, 2.45) is 11.3 Å². The van der Waals surface area contributed by atoms with Crippen molar-refractivity contribution in [3.05, 3.63) is 12.8 Å². The second kappa shape index (κ2) is 7.75. The fourth-order valence-electron chi connectivity index (χ4n) is 1.84. The minimum atomic E-state index is 0.450. The van der Waals surface area contributed by atoms with Gasteiger partial charge in [0.2, 0.25) is 0 Å². The van der Waals surface area contributed by atoms with Gasteiger partial charge in [0, 0.05) is 6.54 Å². The summed E-state index contributed by atoms with van der Waals surface area (Å²) in [5.41, 5.74) is 0.450. The summed E-state index contributed by atoms with van der Waals surface area (Å²) in [5.74, 6) is 0.790. The summed E-state index contributed by atoms with van der Waals surface area (Å²) in [6.07, 6.45) is 4.02. The summed E-state index contributed by atoms with van der Waals surface area (Å²) in [6, 6.07) is 0. The monoisotopic (exact) mass is 213 g/mol. The van der Waals surface area contributed by atoms with Crippen molar-refractivity contribution in [1.82, 2.24) is 5.32 Å². The van der Waals surface area contributed by atoms with Crippen LogP contribution in [0.25, 0.3) is 0 Å². The minimum Gasteiger partial charge on any atom is -0.500 e. The van der Waals surface area contributed by atoms with Gasteiger partial charge in [-0.15, -0.1) is 0 Å². The molecule has 2 heteroatoms. The van der Waals surface area contributed by atoms with Gasteiger partial charge >= 0.3 is 0 Å². The van der Waals surface area contributed by atoms with Crippen LogP contribution in [0, 0.1) is 11.3 Å². The first kappa shape index (κ1) is 14.5. The molecule has 2 nitrogen and oxygen atoms in total. The van der Waals surface area contributed by atoms with E-state index in [1.807, 2.05) is 0 Å². The maximum absolute atomic E-state index is 5.02. The fourth-order valence-corrected chi connectivity index (χ4v) is 1.84. The second-order valence-corrected chi connectivity index (χ2v) is 5.45. The Morgan fingerprint density at radius 3 is 2.53 bits per heavy atom. The van der Waals surface area contributed by atoms with Crippen LogP contribution in [-0.4, -0.2) is 19.7 Å². The van der Waals surface area contributed by atoms with Gasteiger partial charge in [-0.1, -0.05) is 34.3 Å². The Morgan fingerprint density at radius 2 is 2.00 bits per heavy atom. The lowest BCUT2D eigenvalue weighted by Gasteiger charge is -2.23. The molecule has 0 saturated carbocycles. The molecular weight excluding hydrogens is 186 g/mol. The quantitative estimate of drug-likeness (QED) is 0.494. The van der Waals surface area contributed by atoms with Gasteiger partial charge in [0.15, 0.2) is 0 Å². The lowest BCUT2D eigenvalue weighted by atomic mass is 9.84. The van der Waals surface area contributed by atoms with Gasteiger partial charge in [-0.05, 0) is 30.7 Å². The van der Waals surface area contributed by atoms with E-state index in [2.05, 4.69) is 39.6 Å². The van der Waals surface area contributed by atoms with Gasteiger partial charge < -0.3 is 10.1 Å². The van der Waals surface area contributed by atoms with Gasteiger partial charge in [-0.25, -0.2) is 0 Å². The Morgan fingerprint density at radius 1 is 1.33 bits per heavy atom. The van der Waals surface area contributed by atoms with Crippen LogP contribution in [0.4, 0.5) is 0 Å². The van der Waals surface area contributed by atoms with Crippen molar-refractivity contribution < 1.29 is 4.74 Å². The Kier molecular flexibility index (Phi) is 7.49. The van der Waals surface area contributed by atoms with E-state index >= 15 is 0 Å². The molecule has 0 radical (unpaired) electrons. The first-order chi connectivity index (χ1) is 6.95. The average Bonchev–Trinajstić information content (AvgIpc) is 2.08. The van der Waals surface area contributed by atoms with Crippen LogP contribution in [0.1, 0.15) is 40.5 Å². The smallest absolute Gasteiger partial charge is 0.0997 e. The van der Waals surface area contributed by atoms with E-state index in [9.17, 15) is 0 Å². The molecule has 1 N–H and O–H groups in total. The minimum absolute atomic E-state index is 0.450.